The molecule has 3 aromatic rings. The summed E-state index contributed by atoms with van der Waals surface area (Å²) in [6.45, 7) is 6.22. The van der Waals surface area contributed by atoms with Crippen LogP contribution in [0.1, 0.15) is 31.4 Å². The monoisotopic (exact) mass is 527 g/mol. The number of amides is 1. The molecule has 3 aromatic carbocycles. The third kappa shape index (κ3) is 7.53. The average Bonchev–Trinajstić information content (AvgIpc) is 2.88. The van der Waals surface area contributed by atoms with Crippen LogP contribution in [0.2, 0.25) is 0 Å². The number of anilines is 1. The van der Waals surface area contributed by atoms with E-state index in [0.717, 1.165) is 40.6 Å². The van der Waals surface area contributed by atoms with E-state index in [2.05, 4.69) is 10.5 Å². The molecular formula is C27H30FN3O5S. The molecule has 0 saturated carbocycles. The number of sulfonamides is 1. The van der Waals surface area contributed by atoms with Crippen LogP contribution in [-0.4, -0.2) is 40.3 Å². The van der Waals surface area contributed by atoms with E-state index in [4.69, 9.17) is 9.47 Å². The van der Waals surface area contributed by atoms with Crippen molar-refractivity contribution in [3.05, 3.63) is 83.7 Å². The Labute approximate surface area is 216 Å². The molecule has 10 heteroatoms. The zero-order chi connectivity index (χ0) is 26.8. The molecule has 0 unspecified atom stereocenters. The summed E-state index contributed by atoms with van der Waals surface area (Å²) in [5.74, 6) is -0.0485. The topological polar surface area (TPSA) is 97.3 Å². The molecule has 3 rings (SSSR count). The van der Waals surface area contributed by atoms with Crippen LogP contribution in [0.4, 0.5) is 10.1 Å². The van der Waals surface area contributed by atoms with Crippen LogP contribution >= 0.6 is 0 Å². The van der Waals surface area contributed by atoms with Crippen LogP contribution < -0.4 is 19.2 Å². The van der Waals surface area contributed by atoms with Gasteiger partial charge in [0.2, 0.25) is 0 Å². The van der Waals surface area contributed by atoms with E-state index >= 15 is 0 Å². The van der Waals surface area contributed by atoms with Gasteiger partial charge in [-0.15, -0.1) is 0 Å². The number of rotatable bonds is 12. The molecule has 0 aromatic heterocycles. The predicted octanol–water partition coefficient (Wildman–Crippen LogP) is 4.67. The SMILES string of the molecule is CCCOc1ccc(/C=N\NC(=O)CN(c2ccc(C)cc2)S(=O)(=O)c2ccc(F)cc2)cc1OCC. The Morgan fingerprint density at radius 2 is 1.70 bits per heavy atom. The number of carbonyl (C=O) groups is 1. The molecule has 1 amide bonds. The first-order valence-corrected chi connectivity index (χ1v) is 13.2. The van der Waals surface area contributed by atoms with Gasteiger partial charge >= 0.3 is 0 Å². The fourth-order valence-corrected chi connectivity index (χ4v) is 4.73. The van der Waals surface area contributed by atoms with E-state index < -0.39 is 28.3 Å². The van der Waals surface area contributed by atoms with Gasteiger partial charge in [0, 0.05) is 0 Å². The van der Waals surface area contributed by atoms with E-state index in [9.17, 15) is 17.6 Å². The molecule has 1 N–H and O–H groups in total. The van der Waals surface area contributed by atoms with Gasteiger partial charge in [-0.05, 0) is 80.4 Å². The number of aryl methyl sites for hydroxylation is 1. The van der Waals surface area contributed by atoms with Crippen molar-refractivity contribution in [1.29, 1.82) is 0 Å². The summed E-state index contributed by atoms with van der Waals surface area (Å²) in [5.41, 5.74) is 4.24. The fourth-order valence-electron chi connectivity index (χ4n) is 3.31. The molecule has 0 aliphatic carbocycles. The number of carbonyl (C=O) groups excluding carboxylic acids is 1. The van der Waals surface area contributed by atoms with Gasteiger partial charge in [-0.2, -0.15) is 5.10 Å². The highest BCUT2D eigenvalue weighted by Gasteiger charge is 2.27. The maximum atomic E-state index is 13.4. The first kappa shape index (κ1) is 27.7. The van der Waals surface area contributed by atoms with Crippen LogP contribution in [0.15, 0.2) is 76.7 Å². The summed E-state index contributed by atoms with van der Waals surface area (Å²) in [6.07, 6.45) is 2.28. The zero-order valence-corrected chi connectivity index (χ0v) is 21.8. The number of nitrogens with one attached hydrogen (secondary N) is 1. The quantitative estimate of drug-likeness (QED) is 0.273. The van der Waals surface area contributed by atoms with Crippen LogP contribution in [0, 0.1) is 12.7 Å². The van der Waals surface area contributed by atoms with Crippen molar-refractivity contribution in [1.82, 2.24) is 5.43 Å². The van der Waals surface area contributed by atoms with Crippen molar-refractivity contribution in [2.24, 2.45) is 5.10 Å². The Kier molecular flexibility index (Phi) is 9.62. The van der Waals surface area contributed by atoms with Gasteiger partial charge in [0.15, 0.2) is 11.5 Å². The van der Waals surface area contributed by atoms with E-state index in [0.29, 0.717) is 30.3 Å². The minimum Gasteiger partial charge on any atom is -0.490 e. The number of benzene rings is 3. The number of hydrogen-bond acceptors (Lipinski definition) is 6. The second kappa shape index (κ2) is 12.9. The number of nitrogens with zero attached hydrogens (tertiary/aromatic N) is 2. The Morgan fingerprint density at radius 3 is 2.35 bits per heavy atom. The summed E-state index contributed by atoms with van der Waals surface area (Å²) in [5, 5.41) is 3.97. The second-order valence-electron chi connectivity index (χ2n) is 8.08. The van der Waals surface area contributed by atoms with Gasteiger partial charge in [-0.25, -0.2) is 18.2 Å². The summed E-state index contributed by atoms with van der Waals surface area (Å²) >= 11 is 0. The molecule has 0 aliphatic heterocycles. The lowest BCUT2D eigenvalue weighted by atomic mass is 10.2. The van der Waals surface area contributed by atoms with Gasteiger partial charge in [0.1, 0.15) is 12.4 Å². The van der Waals surface area contributed by atoms with Crippen molar-refractivity contribution < 1.29 is 27.1 Å². The van der Waals surface area contributed by atoms with Gasteiger partial charge in [-0.1, -0.05) is 24.6 Å². The highest BCUT2D eigenvalue weighted by atomic mass is 32.2. The van der Waals surface area contributed by atoms with Crippen LogP contribution in [0.3, 0.4) is 0 Å². The number of hydrogen-bond donors (Lipinski definition) is 1. The van der Waals surface area contributed by atoms with Crippen molar-refractivity contribution in [3.63, 3.8) is 0 Å². The molecule has 0 atom stereocenters. The van der Waals surface area contributed by atoms with Gasteiger partial charge in [0.25, 0.3) is 15.9 Å². The normalized spacial score (nSPS) is 11.4. The summed E-state index contributed by atoms with van der Waals surface area (Å²) in [6, 6.07) is 16.4. The van der Waals surface area contributed by atoms with E-state index in [1.54, 1.807) is 42.5 Å². The molecule has 0 spiro atoms. The molecule has 8 nitrogen and oxygen atoms in total. The molecule has 0 bridgehead atoms. The molecule has 37 heavy (non-hydrogen) atoms. The standard InChI is InChI=1S/C27H30FN3O5S/c1-4-16-36-25-15-8-21(17-26(25)35-5-2)18-29-30-27(32)19-31(23-11-6-20(3)7-12-23)37(33,34)24-13-9-22(28)10-14-24/h6-15,17-18H,4-5,16,19H2,1-3H3,(H,30,32)/b29-18-. The highest BCUT2D eigenvalue weighted by molar-refractivity contribution is 7.92. The molecule has 0 fully saturated rings. The van der Waals surface area contributed by atoms with E-state index in [-0.39, 0.29) is 10.6 Å². The average molecular weight is 528 g/mol. The fraction of sp³-hybridized carbons (Fsp3) is 0.259. The number of ether oxygens (including phenoxy) is 2. The van der Waals surface area contributed by atoms with Crippen LogP contribution in [0.25, 0.3) is 0 Å². The Balaban J connectivity index is 1.78. The maximum absolute atomic E-state index is 13.4. The van der Waals surface area contributed by atoms with E-state index in [1.807, 2.05) is 20.8 Å². The van der Waals surface area contributed by atoms with Crippen molar-refractivity contribution >= 4 is 27.8 Å². The summed E-state index contributed by atoms with van der Waals surface area (Å²) < 4.78 is 52.3. The summed E-state index contributed by atoms with van der Waals surface area (Å²) in [7, 11) is -4.16. The molecule has 0 heterocycles. The lowest BCUT2D eigenvalue weighted by Crippen LogP contribution is -2.39. The molecule has 0 saturated heterocycles. The Morgan fingerprint density at radius 1 is 1.00 bits per heavy atom. The lowest BCUT2D eigenvalue weighted by Gasteiger charge is -2.23. The second-order valence-corrected chi connectivity index (χ2v) is 9.94. The van der Waals surface area contributed by atoms with Crippen LogP contribution in [-0.2, 0) is 14.8 Å². The summed E-state index contributed by atoms with van der Waals surface area (Å²) in [4.78, 5) is 12.6. The third-order valence-corrected chi connectivity index (χ3v) is 6.93. The smallest absolute Gasteiger partial charge is 0.264 e. The molecule has 0 radical (unpaired) electrons. The zero-order valence-electron chi connectivity index (χ0n) is 21.0. The number of hydrazone groups is 1. The lowest BCUT2D eigenvalue weighted by molar-refractivity contribution is -0.119. The first-order chi connectivity index (χ1) is 17.7. The van der Waals surface area contributed by atoms with Gasteiger partial charge in [-0.3, -0.25) is 9.10 Å². The van der Waals surface area contributed by atoms with Gasteiger partial charge in [0.05, 0.1) is 30.0 Å². The highest BCUT2D eigenvalue weighted by Crippen LogP contribution is 2.28. The third-order valence-electron chi connectivity index (χ3n) is 5.14. The van der Waals surface area contributed by atoms with Crippen LogP contribution in [0.5, 0.6) is 11.5 Å². The maximum Gasteiger partial charge on any atom is 0.264 e. The molecule has 0 aliphatic rings. The first-order valence-electron chi connectivity index (χ1n) is 11.8. The minimum absolute atomic E-state index is 0.139. The largest absolute Gasteiger partial charge is 0.490 e. The Hall–Kier alpha value is -3.92. The van der Waals surface area contributed by atoms with Gasteiger partial charge < -0.3 is 9.47 Å². The van der Waals surface area contributed by atoms with Crippen molar-refractivity contribution in [3.8, 4) is 11.5 Å². The van der Waals surface area contributed by atoms with Crippen molar-refractivity contribution in [2.75, 3.05) is 24.1 Å². The number of halogens is 1. The molecule has 196 valence electrons. The molecular weight excluding hydrogens is 497 g/mol. The van der Waals surface area contributed by atoms with Crippen molar-refractivity contribution in [2.45, 2.75) is 32.1 Å². The van der Waals surface area contributed by atoms with E-state index in [1.165, 1.54) is 6.21 Å². The minimum atomic E-state index is -4.16. The predicted molar refractivity (Wildman–Crippen MR) is 141 cm³/mol. The Bertz CT molecular complexity index is 1330.